The first-order chi connectivity index (χ1) is 22.4. The van der Waals surface area contributed by atoms with Gasteiger partial charge < -0.3 is 20.3 Å². The van der Waals surface area contributed by atoms with Crippen LogP contribution in [-0.2, 0) is 9.53 Å². The highest BCUT2D eigenvalue weighted by atomic mass is 16.5. The van der Waals surface area contributed by atoms with E-state index in [-0.39, 0.29) is 62.2 Å². The molecule has 1 saturated carbocycles. The maximum absolute atomic E-state index is 12.7. The molecule has 2 N–H and O–H groups in total. The summed E-state index contributed by atoms with van der Waals surface area (Å²) >= 11 is 0. The number of amides is 1. The van der Waals surface area contributed by atoms with E-state index in [9.17, 15) is 4.79 Å². The first-order valence-electron chi connectivity index (χ1n) is 17.5. The van der Waals surface area contributed by atoms with Gasteiger partial charge in [-0.3, -0.25) is 4.79 Å². The Morgan fingerprint density at radius 1 is 1.37 bits per heavy atom. The van der Waals surface area contributed by atoms with Gasteiger partial charge in [0.15, 0.2) is 23.1 Å². The first-order valence-corrected chi connectivity index (χ1v) is 10.5. The van der Waals surface area contributed by atoms with E-state index >= 15 is 0 Å². The number of morpholine rings is 1. The Bertz CT molecular complexity index is 1980. The summed E-state index contributed by atoms with van der Waals surface area (Å²) in [6.45, 7) is -17.5. The predicted molar refractivity (Wildman–Crippen MR) is 132 cm³/mol. The normalized spacial score (nSPS) is 32.2. The fraction of sp³-hybridized carbons (Fsp3) is 0.417. The number of fused-ring (bicyclic) bond motifs is 2. The molecule has 35 heavy (non-hydrogen) atoms. The number of hydrogen-bond donors (Lipinski definition) is 2. The summed E-state index contributed by atoms with van der Waals surface area (Å²) in [7, 11) is 0. The van der Waals surface area contributed by atoms with Crippen LogP contribution in [0.3, 0.4) is 0 Å². The highest BCUT2D eigenvalue weighted by Gasteiger charge is 2.39. The van der Waals surface area contributed by atoms with Gasteiger partial charge in [-0.2, -0.15) is 0 Å². The molecule has 2 fully saturated rings. The lowest BCUT2D eigenvalue weighted by atomic mass is 10.1. The number of anilines is 3. The molecule has 11 nitrogen and oxygen atoms in total. The van der Waals surface area contributed by atoms with Crippen LogP contribution in [-0.4, -0.2) is 68.3 Å². The van der Waals surface area contributed by atoms with E-state index in [1.165, 1.54) is 12.1 Å². The molecular weight excluding hydrogens is 446 g/mol. The van der Waals surface area contributed by atoms with Crippen LogP contribution in [0.2, 0.25) is 0 Å². The third-order valence-corrected chi connectivity index (χ3v) is 5.65. The van der Waals surface area contributed by atoms with Crippen molar-refractivity contribution in [1.82, 2.24) is 29.8 Å². The van der Waals surface area contributed by atoms with Crippen molar-refractivity contribution in [2.24, 2.45) is 11.8 Å². The van der Waals surface area contributed by atoms with Crippen LogP contribution in [0.5, 0.6) is 0 Å². The van der Waals surface area contributed by atoms with Crippen molar-refractivity contribution in [3.05, 3.63) is 30.6 Å². The second-order valence-corrected chi connectivity index (χ2v) is 7.97. The number of aromatic nitrogens is 6. The topological polar surface area (TPSA) is 122 Å². The molecule has 6 rings (SSSR count). The third-order valence-electron chi connectivity index (χ3n) is 5.65. The SMILES string of the molecule is [2H]c1c(N2C([2H])([2H])C([2H])([2H])OC([2H])([2H])C2([2H])[2H])ccc2nc(-c3cnc(NC([2H])([2H])C([2H])([2H])[2H])c4nnc(NC(=O)[C@H]5C[C@H]5C)cc34)nn12. The van der Waals surface area contributed by atoms with E-state index < -0.39 is 51.3 Å². The van der Waals surface area contributed by atoms with Crippen LogP contribution >= 0.6 is 0 Å². The molecule has 1 aliphatic heterocycles. The van der Waals surface area contributed by atoms with E-state index in [1.807, 2.05) is 6.92 Å². The molecule has 11 heteroatoms. The summed E-state index contributed by atoms with van der Waals surface area (Å²) < 4.78 is 118. The molecule has 5 heterocycles. The molecule has 4 aromatic rings. The van der Waals surface area contributed by atoms with Crippen molar-refractivity contribution < 1.29 is 28.7 Å². The number of nitrogens with one attached hydrogen (secondary N) is 2. The van der Waals surface area contributed by atoms with Crippen LogP contribution in [0.1, 0.15) is 39.4 Å². The maximum atomic E-state index is 12.7. The van der Waals surface area contributed by atoms with E-state index in [0.29, 0.717) is 6.42 Å². The van der Waals surface area contributed by atoms with Crippen molar-refractivity contribution in [1.29, 1.82) is 0 Å². The van der Waals surface area contributed by atoms with Gasteiger partial charge in [-0.05, 0) is 37.4 Å². The molecular formula is C24H27N9O2. The van der Waals surface area contributed by atoms with Gasteiger partial charge in [0.05, 0.1) is 37.3 Å². The van der Waals surface area contributed by atoms with E-state index in [0.717, 1.165) is 16.8 Å². The average molecular weight is 488 g/mol. The molecule has 0 unspecified atom stereocenters. The number of nitrogens with zero attached hydrogens (tertiary/aromatic N) is 7. The van der Waals surface area contributed by atoms with Gasteiger partial charge in [0, 0.05) is 49.4 Å². The standard InChI is InChI=1S/C24H27N9O2/c1-3-25-23-21-17(11-19(29-30-21)27-24(34)16-10-14(16)2)18(12-26-23)22-28-20-5-4-15(13-33(20)31-22)32-6-8-35-9-7-32/h4-5,11-14,16H,3,6-10H2,1-2H3,(H,25,26)(H,27,29,34)/t14-,16+/m1/s1/i1D3,3D2,6D2,7D2,8D2,9D2,13D. The Labute approximate surface area is 221 Å². The lowest BCUT2D eigenvalue weighted by Gasteiger charge is -2.28. The van der Waals surface area contributed by atoms with Gasteiger partial charge in [0.25, 0.3) is 0 Å². The zero-order valence-corrected chi connectivity index (χ0v) is 18.1. The molecule has 0 radical (unpaired) electrons. The zero-order chi connectivity index (χ0) is 36.3. The number of carbonyl (C=O) groups is 1. The van der Waals surface area contributed by atoms with Crippen LogP contribution in [0.15, 0.2) is 30.6 Å². The van der Waals surface area contributed by atoms with Gasteiger partial charge in [-0.25, -0.2) is 14.5 Å². The summed E-state index contributed by atoms with van der Waals surface area (Å²) in [4.78, 5) is 21.3. The summed E-state index contributed by atoms with van der Waals surface area (Å²) in [6.07, 6.45) is 1.15. The average Bonchev–Trinajstić information content (AvgIpc) is 3.54. The lowest BCUT2D eigenvalue weighted by Crippen LogP contribution is -2.36. The van der Waals surface area contributed by atoms with Crippen LogP contribution in [0, 0.1) is 11.8 Å². The quantitative estimate of drug-likeness (QED) is 0.422. The van der Waals surface area contributed by atoms with E-state index in [4.69, 9.17) is 19.2 Å². The Balaban J connectivity index is 1.49. The monoisotopic (exact) mass is 487 g/mol. The van der Waals surface area contributed by atoms with Crippen LogP contribution in [0.25, 0.3) is 27.9 Å². The molecule has 0 aromatic carbocycles. The molecule has 1 aliphatic carbocycles. The van der Waals surface area contributed by atoms with Gasteiger partial charge in [-0.15, -0.1) is 15.3 Å². The summed E-state index contributed by atoms with van der Waals surface area (Å²) in [5.41, 5.74) is -0.658. The first kappa shape index (κ1) is 11.3. The van der Waals surface area contributed by atoms with Crippen molar-refractivity contribution in [3.8, 4) is 11.4 Å². The molecule has 1 saturated heterocycles. The number of rotatable bonds is 6. The highest BCUT2D eigenvalue weighted by Crippen LogP contribution is 2.38. The Morgan fingerprint density at radius 3 is 3.03 bits per heavy atom. The van der Waals surface area contributed by atoms with Crippen molar-refractivity contribution in [2.75, 3.05) is 48.1 Å². The summed E-state index contributed by atoms with van der Waals surface area (Å²) in [6, 6.07) is 3.65. The lowest BCUT2D eigenvalue weighted by molar-refractivity contribution is -0.117. The maximum Gasteiger partial charge on any atom is 0.228 e. The number of hydrogen-bond acceptors (Lipinski definition) is 9. The summed E-state index contributed by atoms with van der Waals surface area (Å²) in [5, 5.41) is 17.4. The minimum absolute atomic E-state index is 0.00128. The number of pyridine rings is 2. The van der Waals surface area contributed by atoms with Gasteiger partial charge in [0.1, 0.15) is 5.52 Å². The van der Waals surface area contributed by atoms with Gasteiger partial charge >= 0.3 is 0 Å². The molecule has 1 amide bonds. The minimum atomic E-state index is -3.36. The second-order valence-electron chi connectivity index (χ2n) is 7.97. The highest BCUT2D eigenvalue weighted by molar-refractivity contribution is 6.01. The molecule has 0 spiro atoms. The molecule has 4 aromatic heterocycles. The van der Waals surface area contributed by atoms with E-state index in [2.05, 4.69) is 40.6 Å². The Hall–Kier alpha value is -3.86. The van der Waals surface area contributed by atoms with Crippen molar-refractivity contribution >= 4 is 39.8 Å². The Kier molecular flexibility index (Phi) is 2.81. The minimum Gasteiger partial charge on any atom is -0.378 e. The molecule has 180 valence electrons. The largest absolute Gasteiger partial charge is 0.378 e. The fourth-order valence-electron chi connectivity index (χ4n) is 3.69. The van der Waals surface area contributed by atoms with Crippen LogP contribution in [0.4, 0.5) is 17.3 Å². The van der Waals surface area contributed by atoms with Gasteiger partial charge in [0.2, 0.25) is 5.91 Å². The van der Waals surface area contributed by atoms with Gasteiger partial charge in [-0.1, -0.05) is 6.92 Å². The molecule has 2 atom stereocenters. The van der Waals surface area contributed by atoms with Crippen LogP contribution < -0.4 is 15.5 Å². The van der Waals surface area contributed by atoms with E-state index in [1.54, 1.807) is 0 Å². The summed E-state index contributed by atoms with van der Waals surface area (Å²) in [5.74, 6) is -0.805. The fourth-order valence-corrected chi connectivity index (χ4v) is 3.69. The second kappa shape index (κ2) is 8.73. The number of ether oxygens (including phenoxy) is 1. The van der Waals surface area contributed by atoms with Crippen molar-refractivity contribution in [2.45, 2.75) is 20.2 Å². The zero-order valence-electron chi connectivity index (χ0n) is 32.1. The van der Waals surface area contributed by atoms with Crippen molar-refractivity contribution in [3.63, 3.8) is 0 Å². The molecule has 0 bridgehead atoms. The Morgan fingerprint density at radius 2 is 2.23 bits per heavy atom. The smallest absolute Gasteiger partial charge is 0.228 e. The number of carbonyl (C=O) groups excluding carboxylic acids is 1. The third kappa shape index (κ3) is 4.12. The molecule has 2 aliphatic rings. The predicted octanol–water partition coefficient (Wildman–Crippen LogP) is 2.60.